The minimum absolute atomic E-state index is 0.0154. The number of phenols is 3. The van der Waals surface area contributed by atoms with Crippen molar-refractivity contribution < 1.29 is 15.3 Å². The lowest BCUT2D eigenvalue weighted by molar-refractivity contribution is 0.472. The van der Waals surface area contributed by atoms with Crippen LogP contribution in [0.15, 0.2) is 48.5 Å². The fraction of sp³-hybridized carbons (Fsp3) is 0.0435. The summed E-state index contributed by atoms with van der Waals surface area (Å²) < 4.78 is 0. The first-order chi connectivity index (χ1) is 15.9. The summed E-state index contributed by atoms with van der Waals surface area (Å²) in [5.41, 5.74) is 23.9. The predicted molar refractivity (Wildman–Crippen MR) is 129 cm³/mol. The number of amidine groups is 4. The van der Waals surface area contributed by atoms with Crippen molar-refractivity contribution in [2.75, 3.05) is 0 Å². The van der Waals surface area contributed by atoms with E-state index in [9.17, 15) is 15.3 Å². The van der Waals surface area contributed by atoms with Crippen LogP contribution in [-0.4, -0.2) is 38.7 Å². The van der Waals surface area contributed by atoms with Gasteiger partial charge in [-0.05, 0) is 53.1 Å². The Hall–Kier alpha value is -5.06. The van der Waals surface area contributed by atoms with Gasteiger partial charge in [0.15, 0.2) is 0 Å². The summed E-state index contributed by atoms with van der Waals surface area (Å²) in [6, 6.07) is 12.0. The second-order valence-electron chi connectivity index (χ2n) is 7.61. The smallest absolute Gasteiger partial charge is 0.137 e. The zero-order chi connectivity index (χ0) is 25.3. The molecule has 0 fully saturated rings. The number of hydrogen-bond acceptors (Lipinski definition) is 7. The van der Waals surface area contributed by atoms with E-state index in [1.54, 1.807) is 12.1 Å². The second kappa shape index (κ2) is 8.82. The molecule has 0 spiro atoms. The Morgan fingerprint density at radius 1 is 0.529 bits per heavy atom. The lowest BCUT2D eigenvalue weighted by atomic mass is 9.81. The van der Waals surface area contributed by atoms with E-state index >= 15 is 0 Å². The van der Waals surface area contributed by atoms with Gasteiger partial charge >= 0.3 is 0 Å². The lowest BCUT2D eigenvalue weighted by Gasteiger charge is -2.23. The molecule has 0 aliphatic carbocycles. The first-order valence-electron chi connectivity index (χ1n) is 9.82. The van der Waals surface area contributed by atoms with Crippen molar-refractivity contribution in [3.05, 3.63) is 87.5 Å². The zero-order valence-corrected chi connectivity index (χ0v) is 17.8. The normalized spacial score (nSPS) is 11.5. The zero-order valence-electron chi connectivity index (χ0n) is 17.8. The minimum Gasteiger partial charge on any atom is -0.508 e. The van der Waals surface area contributed by atoms with Gasteiger partial charge in [0.05, 0.1) is 22.3 Å². The van der Waals surface area contributed by atoms with Gasteiger partial charge < -0.3 is 38.3 Å². The largest absolute Gasteiger partial charge is 0.508 e. The summed E-state index contributed by atoms with van der Waals surface area (Å²) >= 11 is 0. The third-order valence-corrected chi connectivity index (χ3v) is 5.32. The standard InChI is InChI=1S/C23H24N8O3/c24-20(25)13-5-10(6-14(18(13)33)21(26)27)17(9-1-3-12(32)4-2-9)11-7-15(22(28)29)19(34)16(8-11)23(30)31/h1-8,17,32-34H,(H3,24,25)(H3,26,27)(H3,28,29)(H3,30,31). The molecule has 3 aromatic rings. The third-order valence-electron chi connectivity index (χ3n) is 5.32. The van der Waals surface area contributed by atoms with Gasteiger partial charge in [0.1, 0.15) is 40.6 Å². The Morgan fingerprint density at radius 3 is 1.09 bits per heavy atom. The van der Waals surface area contributed by atoms with E-state index in [2.05, 4.69) is 0 Å². The quantitative estimate of drug-likeness (QED) is 0.139. The van der Waals surface area contributed by atoms with Crippen LogP contribution < -0.4 is 22.9 Å². The van der Waals surface area contributed by atoms with Crippen molar-refractivity contribution >= 4 is 23.3 Å². The number of nitrogen functional groups attached to an aromatic ring is 4. The van der Waals surface area contributed by atoms with Crippen molar-refractivity contribution in [3.63, 3.8) is 0 Å². The molecule has 0 aromatic heterocycles. The monoisotopic (exact) mass is 460 g/mol. The first-order valence-corrected chi connectivity index (χ1v) is 9.82. The van der Waals surface area contributed by atoms with E-state index in [1.165, 1.54) is 36.4 Å². The van der Waals surface area contributed by atoms with Crippen LogP contribution in [0.25, 0.3) is 0 Å². The van der Waals surface area contributed by atoms with Gasteiger partial charge in [0.25, 0.3) is 0 Å². The Balaban J connectivity index is 2.43. The highest BCUT2D eigenvalue weighted by atomic mass is 16.3. The molecule has 34 heavy (non-hydrogen) atoms. The molecule has 15 N–H and O–H groups in total. The van der Waals surface area contributed by atoms with Crippen LogP contribution in [-0.2, 0) is 0 Å². The lowest BCUT2D eigenvalue weighted by Crippen LogP contribution is -2.19. The summed E-state index contributed by atoms with van der Waals surface area (Å²) in [4.78, 5) is 0. The number of aromatic hydroxyl groups is 3. The topological polar surface area (TPSA) is 260 Å². The van der Waals surface area contributed by atoms with Crippen LogP contribution in [0, 0.1) is 21.6 Å². The number of hydrogen-bond donors (Lipinski definition) is 11. The van der Waals surface area contributed by atoms with E-state index in [-0.39, 0.29) is 28.0 Å². The Kier molecular flexibility index (Phi) is 6.12. The number of rotatable bonds is 7. The summed E-state index contributed by atoms with van der Waals surface area (Å²) in [7, 11) is 0. The first kappa shape index (κ1) is 23.6. The number of phenolic OH excluding ortho intramolecular Hbond substituents is 3. The molecule has 3 rings (SSSR count). The van der Waals surface area contributed by atoms with Crippen molar-refractivity contribution in [1.29, 1.82) is 21.6 Å². The van der Waals surface area contributed by atoms with Gasteiger partial charge in [-0.1, -0.05) is 12.1 Å². The van der Waals surface area contributed by atoms with Gasteiger partial charge in [-0.3, -0.25) is 21.6 Å². The second-order valence-corrected chi connectivity index (χ2v) is 7.61. The van der Waals surface area contributed by atoms with Crippen molar-refractivity contribution in [2.45, 2.75) is 5.92 Å². The maximum Gasteiger partial charge on any atom is 0.137 e. The van der Waals surface area contributed by atoms with Gasteiger partial charge in [0, 0.05) is 5.92 Å². The van der Waals surface area contributed by atoms with Gasteiger partial charge in [-0.15, -0.1) is 0 Å². The maximum atomic E-state index is 10.5. The minimum atomic E-state index is -0.714. The van der Waals surface area contributed by atoms with Gasteiger partial charge in [-0.2, -0.15) is 0 Å². The van der Waals surface area contributed by atoms with Crippen molar-refractivity contribution in [2.24, 2.45) is 22.9 Å². The number of benzene rings is 3. The van der Waals surface area contributed by atoms with Crippen LogP contribution in [0.2, 0.25) is 0 Å². The molecular weight excluding hydrogens is 436 g/mol. The van der Waals surface area contributed by atoms with Crippen LogP contribution in [0.1, 0.15) is 44.9 Å². The highest BCUT2D eigenvalue weighted by Gasteiger charge is 2.25. The average Bonchev–Trinajstić information content (AvgIpc) is 2.76. The number of nitrogens with two attached hydrogens (primary N) is 4. The molecule has 0 aliphatic heterocycles. The fourth-order valence-corrected chi connectivity index (χ4v) is 3.71. The van der Waals surface area contributed by atoms with Crippen LogP contribution >= 0.6 is 0 Å². The maximum absolute atomic E-state index is 10.5. The Bertz CT molecular complexity index is 1200. The molecule has 0 bridgehead atoms. The summed E-state index contributed by atoms with van der Waals surface area (Å²) in [5.74, 6) is -3.36. The van der Waals surface area contributed by atoms with E-state index < -0.39 is 40.8 Å². The van der Waals surface area contributed by atoms with Crippen molar-refractivity contribution in [3.8, 4) is 17.2 Å². The van der Waals surface area contributed by atoms with Crippen molar-refractivity contribution in [1.82, 2.24) is 0 Å². The summed E-state index contributed by atoms with van der Waals surface area (Å²) in [5, 5.41) is 62.1. The highest BCUT2D eigenvalue weighted by Crippen LogP contribution is 2.39. The molecule has 11 heteroatoms. The molecule has 0 saturated heterocycles. The molecule has 11 nitrogen and oxygen atoms in total. The highest BCUT2D eigenvalue weighted by molar-refractivity contribution is 6.06. The molecule has 174 valence electrons. The van der Waals surface area contributed by atoms with E-state index in [1.807, 2.05) is 0 Å². The molecule has 0 aliphatic rings. The average molecular weight is 460 g/mol. The molecule has 0 unspecified atom stereocenters. The molecule has 0 atom stereocenters. The SMILES string of the molecule is N=C(N)c1cc(C(c2ccc(O)cc2)c2cc(C(=N)N)c(O)c(C(=N)N)c2)cc(C(=N)N)c1O. The predicted octanol–water partition coefficient (Wildman–Crippen LogP) is 1.12. The van der Waals surface area contributed by atoms with Gasteiger partial charge in [-0.25, -0.2) is 0 Å². The van der Waals surface area contributed by atoms with E-state index in [0.29, 0.717) is 16.7 Å². The molecule has 0 saturated carbocycles. The molecular formula is C23H24N8O3. The van der Waals surface area contributed by atoms with Gasteiger partial charge in [0.2, 0.25) is 0 Å². The summed E-state index contributed by atoms with van der Waals surface area (Å²) in [6.07, 6.45) is 0. The molecule has 0 amide bonds. The van der Waals surface area contributed by atoms with E-state index in [4.69, 9.17) is 44.6 Å². The van der Waals surface area contributed by atoms with Crippen LogP contribution in [0.4, 0.5) is 0 Å². The fourth-order valence-electron chi connectivity index (χ4n) is 3.71. The summed E-state index contributed by atoms with van der Waals surface area (Å²) in [6.45, 7) is 0. The molecule has 3 aromatic carbocycles. The molecule has 0 heterocycles. The Morgan fingerprint density at radius 2 is 0.824 bits per heavy atom. The van der Waals surface area contributed by atoms with E-state index in [0.717, 1.165) is 0 Å². The number of nitrogens with one attached hydrogen (secondary N) is 4. The molecule has 0 radical (unpaired) electrons. The third kappa shape index (κ3) is 4.30. The van der Waals surface area contributed by atoms with Crippen LogP contribution in [0.5, 0.6) is 17.2 Å². The van der Waals surface area contributed by atoms with Crippen LogP contribution in [0.3, 0.4) is 0 Å². The Labute approximate surface area is 194 Å².